The SMILES string of the molecule is CC1(C)C(N)C12CCC2. The summed E-state index contributed by atoms with van der Waals surface area (Å²) in [6.45, 7) is 4.60. The van der Waals surface area contributed by atoms with E-state index < -0.39 is 0 Å². The van der Waals surface area contributed by atoms with Crippen LogP contribution in [0.3, 0.4) is 0 Å². The molecular formula is C8H15N. The maximum atomic E-state index is 5.94. The Morgan fingerprint density at radius 1 is 1.33 bits per heavy atom. The highest BCUT2D eigenvalue weighted by molar-refractivity contribution is 5.23. The minimum Gasteiger partial charge on any atom is -0.327 e. The topological polar surface area (TPSA) is 26.0 Å². The van der Waals surface area contributed by atoms with Gasteiger partial charge in [-0.05, 0) is 23.7 Å². The van der Waals surface area contributed by atoms with Crippen LogP contribution in [0.5, 0.6) is 0 Å². The van der Waals surface area contributed by atoms with Crippen molar-refractivity contribution in [1.29, 1.82) is 0 Å². The Bertz CT molecular complexity index is 145. The van der Waals surface area contributed by atoms with E-state index in [1.807, 2.05) is 0 Å². The molecule has 1 unspecified atom stereocenters. The van der Waals surface area contributed by atoms with Gasteiger partial charge >= 0.3 is 0 Å². The lowest BCUT2D eigenvalue weighted by Gasteiger charge is -2.29. The molecule has 2 fully saturated rings. The summed E-state index contributed by atoms with van der Waals surface area (Å²) in [5, 5.41) is 0. The quantitative estimate of drug-likeness (QED) is 0.522. The fraction of sp³-hybridized carbons (Fsp3) is 1.00. The van der Waals surface area contributed by atoms with Crippen LogP contribution in [0.4, 0.5) is 0 Å². The van der Waals surface area contributed by atoms with E-state index in [0.717, 1.165) is 0 Å². The van der Waals surface area contributed by atoms with E-state index in [0.29, 0.717) is 16.9 Å². The molecule has 2 saturated carbocycles. The Hall–Kier alpha value is -0.0400. The van der Waals surface area contributed by atoms with Crippen LogP contribution in [0.15, 0.2) is 0 Å². The Labute approximate surface area is 56.6 Å². The zero-order valence-electron chi connectivity index (χ0n) is 6.28. The van der Waals surface area contributed by atoms with Crippen LogP contribution in [0, 0.1) is 10.8 Å². The normalized spacial score (nSPS) is 42.3. The van der Waals surface area contributed by atoms with Crippen molar-refractivity contribution < 1.29 is 0 Å². The molecule has 2 aliphatic rings. The van der Waals surface area contributed by atoms with Gasteiger partial charge in [0.25, 0.3) is 0 Å². The summed E-state index contributed by atoms with van der Waals surface area (Å²) in [7, 11) is 0. The van der Waals surface area contributed by atoms with Gasteiger partial charge in [-0.3, -0.25) is 0 Å². The molecule has 0 aromatic heterocycles. The van der Waals surface area contributed by atoms with Crippen molar-refractivity contribution in [2.75, 3.05) is 0 Å². The summed E-state index contributed by atoms with van der Waals surface area (Å²) in [5.41, 5.74) is 7.02. The molecule has 0 aliphatic heterocycles. The maximum absolute atomic E-state index is 5.94. The van der Waals surface area contributed by atoms with Gasteiger partial charge in [0.15, 0.2) is 0 Å². The molecule has 0 bridgehead atoms. The van der Waals surface area contributed by atoms with Crippen LogP contribution in [0.25, 0.3) is 0 Å². The van der Waals surface area contributed by atoms with Crippen molar-refractivity contribution >= 4 is 0 Å². The van der Waals surface area contributed by atoms with E-state index in [1.165, 1.54) is 19.3 Å². The predicted molar refractivity (Wildman–Crippen MR) is 38.0 cm³/mol. The number of nitrogens with two attached hydrogens (primary N) is 1. The second-order valence-corrected chi connectivity index (χ2v) is 4.21. The third-order valence-corrected chi connectivity index (χ3v) is 3.82. The van der Waals surface area contributed by atoms with Crippen molar-refractivity contribution in [3.8, 4) is 0 Å². The summed E-state index contributed by atoms with van der Waals surface area (Å²) in [6.07, 6.45) is 4.19. The van der Waals surface area contributed by atoms with Gasteiger partial charge in [-0.15, -0.1) is 0 Å². The first-order chi connectivity index (χ1) is 4.11. The lowest BCUT2D eigenvalue weighted by Crippen LogP contribution is -2.21. The molecule has 2 N–H and O–H groups in total. The minimum absolute atomic E-state index is 0.477. The van der Waals surface area contributed by atoms with E-state index >= 15 is 0 Å². The monoisotopic (exact) mass is 125 g/mol. The van der Waals surface area contributed by atoms with Gasteiger partial charge in [0.2, 0.25) is 0 Å². The smallest absolute Gasteiger partial charge is 0.0159 e. The number of hydrogen-bond acceptors (Lipinski definition) is 1. The van der Waals surface area contributed by atoms with Crippen LogP contribution < -0.4 is 5.73 Å². The lowest BCUT2D eigenvalue weighted by molar-refractivity contribution is 0.219. The highest BCUT2D eigenvalue weighted by Gasteiger charge is 2.71. The van der Waals surface area contributed by atoms with E-state index in [2.05, 4.69) is 13.8 Å². The molecule has 2 rings (SSSR count). The van der Waals surface area contributed by atoms with Gasteiger partial charge in [0.05, 0.1) is 0 Å². The average molecular weight is 125 g/mol. The van der Waals surface area contributed by atoms with E-state index in [9.17, 15) is 0 Å². The van der Waals surface area contributed by atoms with Crippen LogP contribution in [0.2, 0.25) is 0 Å². The zero-order valence-corrected chi connectivity index (χ0v) is 6.28. The molecule has 1 atom stereocenters. The van der Waals surface area contributed by atoms with Gasteiger partial charge in [-0.1, -0.05) is 20.3 Å². The highest BCUT2D eigenvalue weighted by atomic mass is 14.9. The Balaban J connectivity index is 2.19. The molecule has 0 radical (unpaired) electrons. The second-order valence-electron chi connectivity index (χ2n) is 4.21. The predicted octanol–water partition coefficient (Wildman–Crippen LogP) is 1.52. The summed E-state index contributed by atoms with van der Waals surface area (Å²) in [6, 6.07) is 0.513. The summed E-state index contributed by atoms with van der Waals surface area (Å²) in [4.78, 5) is 0. The largest absolute Gasteiger partial charge is 0.327 e. The summed E-state index contributed by atoms with van der Waals surface area (Å²) < 4.78 is 0. The van der Waals surface area contributed by atoms with Crippen molar-refractivity contribution in [3.05, 3.63) is 0 Å². The minimum atomic E-state index is 0.477. The van der Waals surface area contributed by atoms with Gasteiger partial charge in [-0.25, -0.2) is 0 Å². The van der Waals surface area contributed by atoms with E-state index in [4.69, 9.17) is 5.73 Å². The second kappa shape index (κ2) is 1.20. The molecular weight excluding hydrogens is 110 g/mol. The fourth-order valence-corrected chi connectivity index (χ4v) is 2.50. The van der Waals surface area contributed by atoms with Gasteiger partial charge in [0.1, 0.15) is 0 Å². The molecule has 0 amide bonds. The molecule has 1 heteroatoms. The third-order valence-electron chi connectivity index (χ3n) is 3.82. The molecule has 1 spiro atoms. The molecule has 1 nitrogen and oxygen atoms in total. The van der Waals surface area contributed by atoms with Crippen molar-refractivity contribution in [1.82, 2.24) is 0 Å². The first-order valence-corrected chi connectivity index (χ1v) is 3.87. The highest BCUT2D eigenvalue weighted by Crippen LogP contribution is 2.72. The Morgan fingerprint density at radius 3 is 1.78 bits per heavy atom. The fourth-order valence-electron chi connectivity index (χ4n) is 2.50. The van der Waals surface area contributed by atoms with Crippen LogP contribution in [-0.4, -0.2) is 6.04 Å². The summed E-state index contributed by atoms with van der Waals surface area (Å²) >= 11 is 0. The maximum Gasteiger partial charge on any atom is 0.0159 e. The van der Waals surface area contributed by atoms with Crippen LogP contribution >= 0.6 is 0 Å². The standard InChI is InChI=1S/C8H15N/c1-7(2)6(9)8(7)4-3-5-8/h6H,3-5,9H2,1-2H3. The van der Waals surface area contributed by atoms with Crippen LogP contribution in [0.1, 0.15) is 33.1 Å². The van der Waals surface area contributed by atoms with Crippen molar-refractivity contribution in [2.24, 2.45) is 16.6 Å². The molecule has 9 heavy (non-hydrogen) atoms. The van der Waals surface area contributed by atoms with Crippen molar-refractivity contribution in [3.63, 3.8) is 0 Å². The van der Waals surface area contributed by atoms with Gasteiger partial charge in [0, 0.05) is 6.04 Å². The number of hydrogen-bond donors (Lipinski definition) is 1. The lowest BCUT2D eigenvalue weighted by atomic mass is 9.76. The molecule has 2 aliphatic carbocycles. The van der Waals surface area contributed by atoms with E-state index in [1.54, 1.807) is 0 Å². The first kappa shape index (κ1) is 5.72. The Morgan fingerprint density at radius 2 is 1.78 bits per heavy atom. The summed E-state index contributed by atoms with van der Waals surface area (Å²) in [5.74, 6) is 0. The van der Waals surface area contributed by atoms with Gasteiger partial charge in [-0.2, -0.15) is 0 Å². The number of rotatable bonds is 0. The zero-order chi connectivity index (χ0) is 6.70. The van der Waals surface area contributed by atoms with Crippen molar-refractivity contribution in [2.45, 2.75) is 39.2 Å². The molecule has 0 saturated heterocycles. The molecule has 52 valence electrons. The first-order valence-electron chi connectivity index (χ1n) is 3.87. The third kappa shape index (κ3) is 0.389. The van der Waals surface area contributed by atoms with E-state index in [-0.39, 0.29) is 0 Å². The van der Waals surface area contributed by atoms with Gasteiger partial charge < -0.3 is 5.73 Å². The molecule has 0 heterocycles. The average Bonchev–Trinajstić information content (AvgIpc) is 2.01. The molecule has 0 aromatic rings. The Kier molecular flexibility index (Phi) is 0.760. The van der Waals surface area contributed by atoms with Crippen LogP contribution in [-0.2, 0) is 0 Å². The molecule has 0 aromatic carbocycles.